The summed E-state index contributed by atoms with van der Waals surface area (Å²) in [5, 5.41) is 2.80. The molecule has 0 aliphatic heterocycles. The van der Waals surface area contributed by atoms with E-state index in [0.29, 0.717) is 12.1 Å². The van der Waals surface area contributed by atoms with E-state index in [1.54, 1.807) is 12.1 Å². The Morgan fingerprint density at radius 3 is 2.47 bits per heavy atom. The lowest BCUT2D eigenvalue weighted by atomic mass is 10.2. The van der Waals surface area contributed by atoms with Crippen LogP contribution in [-0.4, -0.2) is 18.5 Å². The summed E-state index contributed by atoms with van der Waals surface area (Å²) in [6.45, 7) is 2.33. The Bertz CT molecular complexity index is 316. The van der Waals surface area contributed by atoms with Crippen LogP contribution in [0.1, 0.15) is 17.3 Å². The standard InChI is InChI=1S/C10H13IN2O.ClH/c1-7(6-12)13-10(14)8-2-4-9(11)5-3-8;/h2-5,7H,6,12H2,1H3,(H,13,14);1H/t7-;/m0./s1. The maximum Gasteiger partial charge on any atom is 0.251 e. The number of hydrogen-bond donors (Lipinski definition) is 2. The predicted molar refractivity (Wildman–Crippen MR) is 72.4 cm³/mol. The fourth-order valence-corrected chi connectivity index (χ4v) is 1.33. The van der Waals surface area contributed by atoms with Crippen LogP contribution in [0.15, 0.2) is 24.3 Å². The van der Waals surface area contributed by atoms with Crippen LogP contribution in [0.25, 0.3) is 0 Å². The lowest BCUT2D eigenvalue weighted by molar-refractivity contribution is 0.0941. The first-order chi connectivity index (χ1) is 6.63. The molecule has 3 nitrogen and oxygen atoms in total. The number of nitrogens with one attached hydrogen (secondary N) is 1. The summed E-state index contributed by atoms with van der Waals surface area (Å²) in [6.07, 6.45) is 0. The molecular weight excluding hydrogens is 326 g/mol. The van der Waals surface area contributed by atoms with Gasteiger partial charge in [-0.1, -0.05) is 0 Å². The molecule has 0 aliphatic rings. The topological polar surface area (TPSA) is 55.1 Å². The largest absolute Gasteiger partial charge is 0.348 e. The molecule has 1 aromatic carbocycles. The molecule has 0 saturated carbocycles. The first kappa shape index (κ1) is 14.7. The van der Waals surface area contributed by atoms with Gasteiger partial charge in [-0.3, -0.25) is 4.79 Å². The fourth-order valence-electron chi connectivity index (χ4n) is 0.967. The number of benzene rings is 1. The Labute approximate surface area is 109 Å². The van der Waals surface area contributed by atoms with Crippen molar-refractivity contribution in [2.45, 2.75) is 13.0 Å². The molecule has 0 spiro atoms. The molecule has 0 bridgehead atoms. The summed E-state index contributed by atoms with van der Waals surface area (Å²) < 4.78 is 1.12. The van der Waals surface area contributed by atoms with Gasteiger partial charge in [0, 0.05) is 21.7 Å². The average Bonchev–Trinajstić information content (AvgIpc) is 2.18. The van der Waals surface area contributed by atoms with Crippen molar-refractivity contribution in [3.8, 4) is 0 Å². The molecule has 0 saturated heterocycles. The van der Waals surface area contributed by atoms with Gasteiger partial charge in [0.25, 0.3) is 5.91 Å². The van der Waals surface area contributed by atoms with E-state index >= 15 is 0 Å². The van der Waals surface area contributed by atoms with Crippen LogP contribution < -0.4 is 11.1 Å². The van der Waals surface area contributed by atoms with E-state index in [0.717, 1.165) is 3.57 Å². The quantitative estimate of drug-likeness (QED) is 0.824. The number of nitrogens with two attached hydrogens (primary N) is 1. The van der Waals surface area contributed by atoms with Crippen molar-refractivity contribution < 1.29 is 4.79 Å². The Morgan fingerprint density at radius 1 is 1.47 bits per heavy atom. The van der Waals surface area contributed by atoms with Gasteiger partial charge >= 0.3 is 0 Å². The lowest BCUT2D eigenvalue weighted by Gasteiger charge is -2.10. The van der Waals surface area contributed by atoms with Gasteiger partial charge in [0.05, 0.1) is 0 Å². The molecule has 15 heavy (non-hydrogen) atoms. The minimum Gasteiger partial charge on any atom is -0.348 e. The Morgan fingerprint density at radius 2 is 2.00 bits per heavy atom. The predicted octanol–water partition coefficient (Wildman–Crippen LogP) is 1.79. The maximum atomic E-state index is 11.6. The van der Waals surface area contributed by atoms with E-state index in [-0.39, 0.29) is 24.4 Å². The minimum absolute atomic E-state index is 0. The molecule has 0 fully saturated rings. The van der Waals surface area contributed by atoms with Gasteiger partial charge in [0.2, 0.25) is 0 Å². The zero-order valence-corrected chi connectivity index (χ0v) is 11.3. The van der Waals surface area contributed by atoms with Gasteiger partial charge in [0.15, 0.2) is 0 Å². The average molecular weight is 341 g/mol. The van der Waals surface area contributed by atoms with Crippen LogP contribution in [0.4, 0.5) is 0 Å². The van der Waals surface area contributed by atoms with Gasteiger partial charge in [0.1, 0.15) is 0 Å². The van der Waals surface area contributed by atoms with E-state index < -0.39 is 0 Å². The van der Waals surface area contributed by atoms with Gasteiger partial charge in [-0.2, -0.15) is 0 Å². The summed E-state index contributed by atoms with van der Waals surface area (Å²) in [4.78, 5) is 11.6. The SMILES string of the molecule is C[C@@H](CN)NC(=O)c1ccc(I)cc1.Cl. The van der Waals surface area contributed by atoms with Gasteiger partial charge in [-0.05, 0) is 53.8 Å². The highest BCUT2D eigenvalue weighted by molar-refractivity contribution is 14.1. The Hall–Kier alpha value is -0.330. The van der Waals surface area contributed by atoms with Crippen LogP contribution in [0.3, 0.4) is 0 Å². The molecule has 5 heteroatoms. The third-order valence-electron chi connectivity index (χ3n) is 1.84. The Balaban J connectivity index is 0.00000196. The van der Waals surface area contributed by atoms with Crippen LogP contribution in [0.2, 0.25) is 0 Å². The second-order valence-electron chi connectivity index (χ2n) is 3.12. The van der Waals surface area contributed by atoms with Gasteiger partial charge < -0.3 is 11.1 Å². The molecule has 0 heterocycles. The number of halogens is 2. The molecule has 0 unspecified atom stereocenters. The third-order valence-corrected chi connectivity index (χ3v) is 2.56. The molecule has 0 aromatic heterocycles. The van der Waals surface area contributed by atoms with Crippen molar-refractivity contribution in [1.82, 2.24) is 5.32 Å². The molecule has 3 N–H and O–H groups in total. The van der Waals surface area contributed by atoms with E-state index in [9.17, 15) is 4.79 Å². The number of carbonyl (C=O) groups is 1. The lowest BCUT2D eigenvalue weighted by Crippen LogP contribution is -2.37. The van der Waals surface area contributed by atoms with Crippen molar-refractivity contribution in [2.75, 3.05) is 6.54 Å². The summed E-state index contributed by atoms with van der Waals surface area (Å²) in [6, 6.07) is 7.44. The van der Waals surface area contributed by atoms with E-state index in [4.69, 9.17) is 5.73 Å². The number of hydrogen-bond acceptors (Lipinski definition) is 2. The summed E-state index contributed by atoms with van der Waals surface area (Å²) in [5.41, 5.74) is 6.08. The maximum absolute atomic E-state index is 11.6. The molecule has 1 amide bonds. The Kier molecular flexibility index (Phi) is 6.87. The van der Waals surface area contributed by atoms with Crippen LogP contribution in [0.5, 0.6) is 0 Å². The normalized spacial score (nSPS) is 11.4. The van der Waals surface area contributed by atoms with Crippen molar-refractivity contribution in [1.29, 1.82) is 0 Å². The highest BCUT2D eigenvalue weighted by Crippen LogP contribution is 2.06. The molecule has 0 radical (unpaired) electrons. The monoisotopic (exact) mass is 340 g/mol. The van der Waals surface area contributed by atoms with Crippen LogP contribution >= 0.6 is 35.0 Å². The van der Waals surface area contributed by atoms with Crippen molar-refractivity contribution >= 4 is 40.9 Å². The first-order valence-corrected chi connectivity index (χ1v) is 5.48. The zero-order valence-electron chi connectivity index (χ0n) is 8.37. The first-order valence-electron chi connectivity index (χ1n) is 4.40. The van der Waals surface area contributed by atoms with Crippen LogP contribution in [-0.2, 0) is 0 Å². The van der Waals surface area contributed by atoms with E-state index in [1.807, 2.05) is 19.1 Å². The van der Waals surface area contributed by atoms with E-state index in [1.165, 1.54) is 0 Å². The molecular formula is C10H14ClIN2O. The third kappa shape index (κ3) is 4.81. The molecule has 1 atom stereocenters. The highest BCUT2D eigenvalue weighted by Gasteiger charge is 2.07. The zero-order chi connectivity index (χ0) is 10.6. The molecule has 84 valence electrons. The fraction of sp³-hybridized carbons (Fsp3) is 0.300. The highest BCUT2D eigenvalue weighted by atomic mass is 127. The summed E-state index contributed by atoms with van der Waals surface area (Å²) in [7, 11) is 0. The smallest absolute Gasteiger partial charge is 0.251 e. The van der Waals surface area contributed by atoms with Crippen molar-refractivity contribution in [3.63, 3.8) is 0 Å². The molecule has 1 rings (SSSR count). The van der Waals surface area contributed by atoms with Crippen molar-refractivity contribution in [2.24, 2.45) is 5.73 Å². The molecule has 0 aliphatic carbocycles. The van der Waals surface area contributed by atoms with E-state index in [2.05, 4.69) is 27.9 Å². The van der Waals surface area contributed by atoms with Gasteiger partial charge in [-0.25, -0.2) is 0 Å². The second kappa shape index (κ2) is 7.03. The van der Waals surface area contributed by atoms with Crippen LogP contribution in [0, 0.1) is 3.57 Å². The summed E-state index contributed by atoms with van der Waals surface area (Å²) >= 11 is 2.20. The minimum atomic E-state index is -0.0700. The second-order valence-corrected chi connectivity index (χ2v) is 4.36. The van der Waals surface area contributed by atoms with Gasteiger partial charge in [-0.15, -0.1) is 12.4 Å². The van der Waals surface area contributed by atoms with Crippen molar-refractivity contribution in [3.05, 3.63) is 33.4 Å². The number of rotatable bonds is 3. The summed E-state index contributed by atoms with van der Waals surface area (Å²) in [5.74, 6) is -0.0700. The number of amides is 1. The molecule has 1 aromatic rings. The number of carbonyl (C=O) groups excluding carboxylic acids is 1.